The maximum absolute atomic E-state index is 9.69. The quantitative estimate of drug-likeness (QED) is 0.290. The van der Waals surface area contributed by atoms with E-state index in [9.17, 15) is 5.26 Å². The van der Waals surface area contributed by atoms with E-state index in [0.717, 1.165) is 37.1 Å². The Morgan fingerprint density at radius 1 is 0.944 bits per heavy atom. The number of nitriles is 1. The number of morpholine rings is 1. The molecule has 1 aliphatic rings. The lowest BCUT2D eigenvalue weighted by Crippen LogP contribution is -2.32. The molecular weight excluding hydrogens is 460 g/mol. The molecule has 1 heterocycles. The van der Waals surface area contributed by atoms with Crippen molar-refractivity contribution in [2.24, 2.45) is 0 Å². The molecule has 0 N–H and O–H groups in total. The number of allylic oxidation sites excluding steroid dienone is 1. The van der Waals surface area contributed by atoms with E-state index in [0.29, 0.717) is 67.2 Å². The molecule has 8 nitrogen and oxygen atoms in total. The summed E-state index contributed by atoms with van der Waals surface area (Å²) in [6, 6.07) is 11.9. The van der Waals surface area contributed by atoms with E-state index in [1.165, 1.54) is 0 Å². The fourth-order valence-electron chi connectivity index (χ4n) is 3.86. The first-order valence-electron chi connectivity index (χ1n) is 12.2. The predicted octanol–water partition coefficient (Wildman–Crippen LogP) is 4.75. The first-order chi connectivity index (χ1) is 17.6. The molecule has 0 aromatic heterocycles. The Kier molecular flexibility index (Phi) is 10.6. The molecule has 194 valence electrons. The van der Waals surface area contributed by atoms with Gasteiger partial charge in [0.15, 0.2) is 23.0 Å². The summed E-state index contributed by atoms with van der Waals surface area (Å²) in [6.07, 6.45) is 4.43. The van der Waals surface area contributed by atoms with Crippen LogP contribution in [0.5, 0.6) is 28.7 Å². The molecule has 0 bridgehead atoms. The maximum atomic E-state index is 9.69. The van der Waals surface area contributed by atoms with E-state index in [4.69, 9.17) is 28.4 Å². The Morgan fingerprint density at radius 2 is 1.64 bits per heavy atom. The number of rotatable bonds is 13. The highest BCUT2D eigenvalue weighted by molar-refractivity contribution is 5.54. The van der Waals surface area contributed by atoms with Crippen molar-refractivity contribution in [2.75, 3.05) is 54.2 Å². The molecule has 2 aromatic carbocycles. The number of hydrogen-bond donors (Lipinski definition) is 0. The van der Waals surface area contributed by atoms with E-state index in [1.54, 1.807) is 21.3 Å². The molecule has 1 fully saturated rings. The summed E-state index contributed by atoms with van der Waals surface area (Å²) in [5.41, 5.74) is 2.55. The normalized spacial score (nSPS) is 13.6. The number of methoxy groups -OCH3 is 3. The van der Waals surface area contributed by atoms with Crippen LogP contribution in [0.25, 0.3) is 0 Å². The summed E-state index contributed by atoms with van der Waals surface area (Å²) >= 11 is 0. The molecular formula is C28H36N2O6. The number of unbranched alkanes of at least 4 members (excludes halogenated alkanes) is 1. The molecule has 36 heavy (non-hydrogen) atoms. The third-order valence-corrected chi connectivity index (χ3v) is 5.80. The predicted molar refractivity (Wildman–Crippen MR) is 137 cm³/mol. The summed E-state index contributed by atoms with van der Waals surface area (Å²) in [5.74, 6) is 2.98. The van der Waals surface area contributed by atoms with Crippen LogP contribution in [0.3, 0.4) is 0 Å². The average Bonchev–Trinajstić information content (AvgIpc) is 2.92. The van der Waals surface area contributed by atoms with Gasteiger partial charge in [-0.25, -0.2) is 0 Å². The third-order valence-electron chi connectivity index (χ3n) is 5.80. The minimum absolute atomic E-state index is 0.292. The summed E-state index contributed by atoms with van der Waals surface area (Å²) in [4.78, 5) is 2.13. The van der Waals surface area contributed by atoms with Crippen molar-refractivity contribution in [1.29, 1.82) is 5.26 Å². The van der Waals surface area contributed by atoms with E-state index in [-0.39, 0.29) is 0 Å². The van der Waals surface area contributed by atoms with Crippen LogP contribution in [-0.4, -0.2) is 59.1 Å². The van der Waals surface area contributed by atoms with Crippen molar-refractivity contribution >= 4 is 0 Å². The molecule has 0 spiro atoms. The number of ether oxygens (including phenoxy) is 6. The first-order valence-corrected chi connectivity index (χ1v) is 12.2. The molecule has 8 heteroatoms. The Bertz CT molecular complexity index is 1030. The third kappa shape index (κ3) is 7.46. The second kappa shape index (κ2) is 14.1. The molecule has 0 aliphatic carbocycles. The second-order valence-electron chi connectivity index (χ2n) is 8.40. The zero-order valence-electron chi connectivity index (χ0n) is 21.7. The molecule has 0 saturated carbocycles. The molecule has 0 radical (unpaired) electrons. The standard InChI is InChI=1S/C28H36N2O6/c1-5-6-11-35-25-15-21(14-23(18-29)19-30-9-12-34-13-10-30)7-8-24(25)36-20-22-16-26(31-2)28(33-4)27(17-22)32-3/h7-8,15-17,19H,5-6,9-14,20H2,1-4H3/b23-19-. The monoisotopic (exact) mass is 496 g/mol. The topological polar surface area (TPSA) is 82.4 Å². The van der Waals surface area contributed by atoms with Crippen LogP contribution >= 0.6 is 0 Å². The molecule has 2 aromatic rings. The van der Waals surface area contributed by atoms with Crippen molar-refractivity contribution < 1.29 is 28.4 Å². The van der Waals surface area contributed by atoms with Crippen LogP contribution in [0.4, 0.5) is 0 Å². The lowest BCUT2D eigenvalue weighted by molar-refractivity contribution is 0.0591. The van der Waals surface area contributed by atoms with Gasteiger partial charge in [-0.2, -0.15) is 5.26 Å². The minimum atomic E-state index is 0.292. The Hall–Kier alpha value is -3.57. The largest absolute Gasteiger partial charge is 0.493 e. The lowest BCUT2D eigenvalue weighted by atomic mass is 10.1. The van der Waals surface area contributed by atoms with Crippen LogP contribution in [0.15, 0.2) is 42.1 Å². The summed E-state index contributed by atoms with van der Waals surface area (Å²) in [5, 5.41) is 9.69. The van der Waals surface area contributed by atoms with Crippen LogP contribution in [0, 0.1) is 11.3 Å². The molecule has 1 saturated heterocycles. The SMILES string of the molecule is CCCCOc1cc(C/C(C#N)=C/N2CCOCC2)ccc1OCc1cc(OC)c(OC)c(OC)c1. The number of hydrogen-bond acceptors (Lipinski definition) is 8. The maximum Gasteiger partial charge on any atom is 0.203 e. The van der Waals surface area contributed by atoms with Crippen LogP contribution in [-0.2, 0) is 17.8 Å². The lowest BCUT2D eigenvalue weighted by Gasteiger charge is -2.25. The highest BCUT2D eigenvalue weighted by atomic mass is 16.5. The number of benzene rings is 2. The molecule has 0 amide bonds. The first kappa shape index (κ1) is 27.0. The van der Waals surface area contributed by atoms with Gasteiger partial charge in [0.1, 0.15) is 6.61 Å². The van der Waals surface area contributed by atoms with Gasteiger partial charge in [-0.15, -0.1) is 0 Å². The highest BCUT2D eigenvalue weighted by Crippen LogP contribution is 2.39. The van der Waals surface area contributed by atoms with Crippen molar-refractivity contribution in [2.45, 2.75) is 32.8 Å². The van der Waals surface area contributed by atoms with E-state index >= 15 is 0 Å². The zero-order chi connectivity index (χ0) is 25.8. The van der Waals surface area contributed by atoms with Crippen molar-refractivity contribution in [3.63, 3.8) is 0 Å². The fraction of sp³-hybridized carbons (Fsp3) is 0.464. The molecule has 1 aliphatic heterocycles. The van der Waals surface area contributed by atoms with Crippen LogP contribution in [0.2, 0.25) is 0 Å². The smallest absolute Gasteiger partial charge is 0.203 e. The van der Waals surface area contributed by atoms with E-state index < -0.39 is 0 Å². The van der Waals surface area contributed by atoms with Gasteiger partial charge in [0.05, 0.1) is 47.2 Å². The van der Waals surface area contributed by atoms with Gasteiger partial charge >= 0.3 is 0 Å². The second-order valence-corrected chi connectivity index (χ2v) is 8.40. The van der Waals surface area contributed by atoms with Crippen molar-refractivity contribution in [3.8, 4) is 34.8 Å². The van der Waals surface area contributed by atoms with Crippen LogP contribution < -0.4 is 23.7 Å². The van der Waals surface area contributed by atoms with Crippen LogP contribution in [0.1, 0.15) is 30.9 Å². The summed E-state index contributed by atoms with van der Waals surface area (Å²) in [6.45, 7) is 5.97. The Labute approximate surface area is 213 Å². The molecule has 0 unspecified atom stereocenters. The van der Waals surface area contributed by atoms with Gasteiger partial charge < -0.3 is 33.3 Å². The van der Waals surface area contributed by atoms with Gasteiger partial charge in [-0.05, 0) is 41.8 Å². The Morgan fingerprint density at radius 3 is 2.25 bits per heavy atom. The zero-order valence-corrected chi connectivity index (χ0v) is 21.7. The van der Waals surface area contributed by atoms with Gasteiger partial charge in [-0.1, -0.05) is 19.4 Å². The highest BCUT2D eigenvalue weighted by Gasteiger charge is 2.15. The molecule has 3 rings (SSSR count). The minimum Gasteiger partial charge on any atom is -0.493 e. The van der Waals surface area contributed by atoms with Gasteiger partial charge in [0.2, 0.25) is 5.75 Å². The van der Waals surface area contributed by atoms with E-state index in [2.05, 4.69) is 17.9 Å². The summed E-state index contributed by atoms with van der Waals surface area (Å²) < 4.78 is 33.9. The van der Waals surface area contributed by atoms with Gasteiger partial charge in [0.25, 0.3) is 0 Å². The van der Waals surface area contributed by atoms with E-state index in [1.807, 2.05) is 36.5 Å². The number of nitrogens with zero attached hydrogens (tertiary/aromatic N) is 2. The average molecular weight is 497 g/mol. The van der Waals surface area contributed by atoms with Gasteiger partial charge in [-0.3, -0.25) is 0 Å². The molecule has 0 atom stereocenters. The summed E-state index contributed by atoms with van der Waals surface area (Å²) in [7, 11) is 4.75. The Balaban J connectivity index is 1.78. The van der Waals surface area contributed by atoms with Crippen molar-refractivity contribution in [1.82, 2.24) is 4.90 Å². The fourth-order valence-corrected chi connectivity index (χ4v) is 3.86. The van der Waals surface area contributed by atoms with Crippen molar-refractivity contribution in [3.05, 3.63) is 53.2 Å². The van der Waals surface area contributed by atoms with Gasteiger partial charge in [0, 0.05) is 31.3 Å².